The highest BCUT2D eigenvalue weighted by atomic mass is 16.5. The van der Waals surface area contributed by atoms with Crippen LogP contribution in [0, 0.1) is 5.92 Å². The number of fused-ring (bicyclic) bond motifs is 4. The highest BCUT2D eigenvalue weighted by Gasteiger charge is 2.55. The van der Waals surface area contributed by atoms with E-state index in [0.717, 1.165) is 79.6 Å². The van der Waals surface area contributed by atoms with Gasteiger partial charge in [-0.25, -0.2) is 14.8 Å². The molecule has 4 heterocycles. The maximum absolute atomic E-state index is 12.6. The Kier molecular flexibility index (Phi) is 6.65. The van der Waals surface area contributed by atoms with Gasteiger partial charge in [0, 0.05) is 30.5 Å². The van der Waals surface area contributed by atoms with Gasteiger partial charge in [-0.2, -0.15) is 0 Å². The molecular formula is C30H34N4O3. The fourth-order valence-electron chi connectivity index (χ4n) is 6.34. The van der Waals surface area contributed by atoms with E-state index in [1.165, 1.54) is 6.33 Å². The molecule has 37 heavy (non-hydrogen) atoms. The predicted molar refractivity (Wildman–Crippen MR) is 141 cm³/mol. The van der Waals surface area contributed by atoms with Crippen LogP contribution in [0.1, 0.15) is 48.8 Å². The summed E-state index contributed by atoms with van der Waals surface area (Å²) in [5, 5.41) is 10.4. The molecule has 1 aromatic heterocycles. The summed E-state index contributed by atoms with van der Waals surface area (Å²) in [5.41, 5.74) is 5.11. The van der Waals surface area contributed by atoms with Gasteiger partial charge in [0.2, 0.25) is 0 Å². The number of amides is 1. The number of rotatable bonds is 8. The average molecular weight is 499 g/mol. The van der Waals surface area contributed by atoms with Gasteiger partial charge >= 0.3 is 6.09 Å². The maximum Gasteiger partial charge on any atom is 0.408 e. The standard InChI is InChI=1S/C30H34N4O3/c35-29(36)34(28-11-16-33-14-9-26(28)10-15-33)30(12-13-30)27-7-5-25(6-8-27)24-3-1-22(2-4-24)19-37-20-23-17-31-21-32-18-23/h1-8,17-18,21,26,28H,9-16,19-20H2,(H,35,36). The summed E-state index contributed by atoms with van der Waals surface area (Å²) in [5.74, 6) is 0.482. The molecule has 3 saturated heterocycles. The zero-order chi connectivity index (χ0) is 25.2. The number of ether oxygens (including phenoxy) is 1. The van der Waals surface area contributed by atoms with Crippen molar-refractivity contribution in [1.82, 2.24) is 19.8 Å². The van der Waals surface area contributed by atoms with Gasteiger partial charge in [0.25, 0.3) is 0 Å². The Morgan fingerprint density at radius 1 is 0.892 bits per heavy atom. The summed E-state index contributed by atoms with van der Waals surface area (Å²) in [7, 11) is 0. The summed E-state index contributed by atoms with van der Waals surface area (Å²) < 4.78 is 5.79. The summed E-state index contributed by atoms with van der Waals surface area (Å²) in [4.78, 5) is 25.0. The highest BCUT2D eigenvalue weighted by molar-refractivity contribution is 5.69. The topological polar surface area (TPSA) is 78.8 Å². The molecular weight excluding hydrogens is 464 g/mol. The third-order valence-corrected chi connectivity index (χ3v) is 8.50. The summed E-state index contributed by atoms with van der Waals surface area (Å²) in [6.07, 6.45) is 9.29. The number of carbonyl (C=O) groups is 1. The van der Waals surface area contributed by atoms with E-state index in [-0.39, 0.29) is 11.6 Å². The van der Waals surface area contributed by atoms with E-state index >= 15 is 0 Å². The summed E-state index contributed by atoms with van der Waals surface area (Å²) in [6.45, 7) is 4.26. The molecule has 1 saturated carbocycles. The van der Waals surface area contributed by atoms with Gasteiger partial charge in [-0.05, 0) is 73.4 Å². The van der Waals surface area contributed by atoms with Crippen molar-refractivity contribution in [1.29, 1.82) is 0 Å². The lowest BCUT2D eigenvalue weighted by Gasteiger charge is -2.40. The second-order valence-corrected chi connectivity index (χ2v) is 10.7. The van der Waals surface area contributed by atoms with Crippen LogP contribution in [0.15, 0.2) is 67.3 Å². The fourth-order valence-corrected chi connectivity index (χ4v) is 6.34. The Morgan fingerprint density at radius 2 is 1.49 bits per heavy atom. The first-order valence-corrected chi connectivity index (χ1v) is 13.4. The monoisotopic (exact) mass is 498 g/mol. The van der Waals surface area contributed by atoms with E-state index in [1.54, 1.807) is 12.4 Å². The minimum absolute atomic E-state index is 0.122. The van der Waals surface area contributed by atoms with Crippen molar-refractivity contribution < 1.29 is 14.6 Å². The predicted octanol–water partition coefficient (Wildman–Crippen LogP) is 5.31. The third-order valence-electron chi connectivity index (χ3n) is 8.50. The lowest BCUT2D eigenvalue weighted by atomic mass is 9.87. The number of benzene rings is 2. The first-order valence-electron chi connectivity index (χ1n) is 13.4. The van der Waals surface area contributed by atoms with Gasteiger partial charge in [-0.1, -0.05) is 48.5 Å². The van der Waals surface area contributed by atoms with Crippen molar-refractivity contribution >= 4 is 6.09 Å². The number of piperidine rings is 1. The normalized spacial score (nSPS) is 23.8. The molecule has 4 fully saturated rings. The van der Waals surface area contributed by atoms with Gasteiger partial charge in [0.15, 0.2) is 0 Å². The van der Waals surface area contributed by atoms with E-state index in [9.17, 15) is 9.90 Å². The van der Waals surface area contributed by atoms with Gasteiger partial charge in [-0.15, -0.1) is 0 Å². The molecule has 3 aromatic rings. The molecule has 1 N–H and O–H groups in total. The molecule has 3 aliphatic heterocycles. The molecule has 192 valence electrons. The van der Waals surface area contributed by atoms with E-state index in [2.05, 4.69) is 63.4 Å². The van der Waals surface area contributed by atoms with Gasteiger partial charge in [-0.3, -0.25) is 4.90 Å². The number of hydrogen-bond donors (Lipinski definition) is 1. The highest BCUT2D eigenvalue weighted by Crippen LogP contribution is 2.54. The molecule has 0 radical (unpaired) electrons. The van der Waals surface area contributed by atoms with Crippen molar-refractivity contribution in [2.45, 2.75) is 56.9 Å². The van der Waals surface area contributed by atoms with Crippen LogP contribution in [-0.4, -0.2) is 56.6 Å². The second kappa shape index (κ2) is 10.2. The SMILES string of the molecule is O=C(O)N(C1CCN2CCC1CC2)C1(c2ccc(-c3ccc(COCc4cncnc4)cc3)cc2)CC1. The maximum atomic E-state index is 12.6. The van der Waals surface area contributed by atoms with Crippen molar-refractivity contribution in [3.05, 3.63) is 83.9 Å². The lowest BCUT2D eigenvalue weighted by molar-refractivity contribution is 0.0614. The minimum Gasteiger partial charge on any atom is -0.465 e. The van der Waals surface area contributed by atoms with Crippen LogP contribution >= 0.6 is 0 Å². The quantitative estimate of drug-likeness (QED) is 0.453. The summed E-state index contributed by atoms with van der Waals surface area (Å²) >= 11 is 0. The smallest absolute Gasteiger partial charge is 0.408 e. The molecule has 7 rings (SSSR count). The third kappa shape index (κ3) is 4.98. The Morgan fingerprint density at radius 3 is 2.11 bits per heavy atom. The Balaban J connectivity index is 1.14. The lowest BCUT2D eigenvalue weighted by Crippen LogP contribution is -2.50. The summed E-state index contributed by atoms with van der Waals surface area (Å²) in [6, 6.07) is 17.1. The molecule has 7 heteroatoms. The molecule has 2 aromatic carbocycles. The first kappa shape index (κ1) is 24.1. The Hall–Kier alpha value is -3.29. The van der Waals surface area contributed by atoms with Gasteiger partial charge < -0.3 is 14.7 Å². The van der Waals surface area contributed by atoms with Gasteiger partial charge in [0.05, 0.1) is 18.8 Å². The molecule has 2 bridgehead atoms. The number of aromatic nitrogens is 2. The minimum atomic E-state index is -0.760. The number of carboxylic acid groups (broad SMARTS) is 1. The molecule has 7 nitrogen and oxygen atoms in total. The molecule has 4 aliphatic rings. The van der Waals surface area contributed by atoms with Crippen LogP contribution in [0.3, 0.4) is 0 Å². The zero-order valence-electron chi connectivity index (χ0n) is 21.1. The van der Waals surface area contributed by atoms with Crippen LogP contribution in [0.25, 0.3) is 11.1 Å². The number of nitrogens with zero attached hydrogens (tertiary/aromatic N) is 4. The average Bonchev–Trinajstić information content (AvgIpc) is 3.78. The molecule has 1 unspecified atom stereocenters. The Bertz CT molecular complexity index is 1200. The van der Waals surface area contributed by atoms with Crippen LogP contribution in [-0.2, 0) is 23.5 Å². The largest absolute Gasteiger partial charge is 0.465 e. The number of hydrogen-bond acceptors (Lipinski definition) is 5. The van der Waals surface area contributed by atoms with Crippen LogP contribution in [0.4, 0.5) is 4.79 Å². The zero-order valence-corrected chi connectivity index (χ0v) is 21.1. The molecule has 1 amide bonds. The van der Waals surface area contributed by atoms with E-state index in [0.29, 0.717) is 19.1 Å². The molecule has 0 spiro atoms. The Labute approximate surface area is 218 Å². The van der Waals surface area contributed by atoms with E-state index in [4.69, 9.17) is 4.74 Å². The van der Waals surface area contributed by atoms with E-state index in [1.807, 2.05) is 4.90 Å². The van der Waals surface area contributed by atoms with Crippen LogP contribution in [0.5, 0.6) is 0 Å². The fraction of sp³-hybridized carbons (Fsp3) is 0.433. The van der Waals surface area contributed by atoms with Crippen molar-refractivity contribution in [3.8, 4) is 11.1 Å². The second-order valence-electron chi connectivity index (χ2n) is 10.7. The van der Waals surface area contributed by atoms with Crippen LogP contribution in [0.2, 0.25) is 0 Å². The first-order chi connectivity index (χ1) is 18.1. The van der Waals surface area contributed by atoms with Gasteiger partial charge in [0.1, 0.15) is 6.33 Å². The van der Waals surface area contributed by atoms with Crippen LogP contribution < -0.4 is 0 Å². The van der Waals surface area contributed by atoms with Crippen molar-refractivity contribution in [2.24, 2.45) is 5.92 Å². The molecule has 1 aliphatic carbocycles. The van der Waals surface area contributed by atoms with E-state index < -0.39 is 6.09 Å². The molecule has 1 atom stereocenters. The van der Waals surface area contributed by atoms with Crippen molar-refractivity contribution in [2.75, 3.05) is 19.6 Å². The van der Waals surface area contributed by atoms with Crippen molar-refractivity contribution in [3.63, 3.8) is 0 Å².